The standard InChI is InChI=1S/C23H28N2O3/c1-25-11-10-23(17-8-5-9-19(26)12-17)14-18(13-21(27)20(23)15-25)24-22(28)16-6-3-2-4-7-16/h2-9,12,18,20-21,26-27H,10-11,13-15H2,1H3,(H,24,28)/t18-,20?,21?,23?/m1/s1. The number of phenolic OH excluding ortho intramolecular Hbond substituents is 1. The third kappa shape index (κ3) is 3.52. The number of carbonyl (C=O) groups is 1. The van der Waals surface area contributed by atoms with Crippen LogP contribution in [0.2, 0.25) is 0 Å². The number of benzene rings is 2. The van der Waals surface area contributed by atoms with E-state index in [1.54, 1.807) is 18.2 Å². The zero-order valence-corrected chi connectivity index (χ0v) is 16.2. The van der Waals surface area contributed by atoms with Gasteiger partial charge in [-0.25, -0.2) is 0 Å². The van der Waals surface area contributed by atoms with Crippen molar-refractivity contribution in [3.8, 4) is 5.75 Å². The van der Waals surface area contributed by atoms with Crippen molar-refractivity contribution >= 4 is 5.91 Å². The molecule has 0 aromatic heterocycles. The van der Waals surface area contributed by atoms with Crippen molar-refractivity contribution < 1.29 is 15.0 Å². The predicted molar refractivity (Wildman–Crippen MR) is 108 cm³/mol. The molecule has 28 heavy (non-hydrogen) atoms. The van der Waals surface area contributed by atoms with Crippen molar-refractivity contribution in [3.05, 3.63) is 65.7 Å². The summed E-state index contributed by atoms with van der Waals surface area (Å²) in [6.07, 6.45) is 1.72. The summed E-state index contributed by atoms with van der Waals surface area (Å²) in [5.41, 5.74) is 1.44. The van der Waals surface area contributed by atoms with E-state index in [1.807, 2.05) is 36.4 Å². The number of aliphatic hydroxyl groups excluding tert-OH is 1. The molecular formula is C23H28N2O3. The Balaban J connectivity index is 1.64. The van der Waals surface area contributed by atoms with Crippen LogP contribution in [0.5, 0.6) is 5.75 Å². The topological polar surface area (TPSA) is 72.8 Å². The maximum Gasteiger partial charge on any atom is 0.251 e. The summed E-state index contributed by atoms with van der Waals surface area (Å²) in [7, 11) is 2.09. The number of aliphatic hydroxyl groups is 1. The fourth-order valence-electron chi connectivity index (χ4n) is 5.16. The second-order valence-corrected chi connectivity index (χ2v) is 8.37. The zero-order valence-electron chi connectivity index (χ0n) is 16.2. The van der Waals surface area contributed by atoms with Crippen molar-refractivity contribution in [1.29, 1.82) is 0 Å². The molecule has 5 nitrogen and oxygen atoms in total. The van der Waals surface area contributed by atoms with Crippen LogP contribution in [0.15, 0.2) is 54.6 Å². The number of nitrogens with zero attached hydrogens (tertiary/aromatic N) is 1. The number of hydrogen-bond donors (Lipinski definition) is 3. The van der Waals surface area contributed by atoms with Gasteiger partial charge in [0.2, 0.25) is 0 Å². The molecule has 148 valence electrons. The molecule has 2 aliphatic rings. The van der Waals surface area contributed by atoms with Gasteiger partial charge in [-0.15, -0.1) is 0 Å². The first kappa shape index (κ1) is 19.0. The number of rotatable bonds is 3. The van der Waals surface area contributed by atoms with Crippen LogP contribution >= 0.6 is 0 Å². The van der Waals surface area contributed by atoms with Gasteiger partial charge >= 0.3 is 0 Å². The van der Waals surface area contributed by atoms with E-state index in [0.717, 1.165) is 31.5 Å². The van der Waals surface area contributed by atoms with E-state index in [0.29, 0.717) is 12.0 Å². The van der Waals surface area contributed by atoms with E-state index < -0.39 is 6.10 Å². The summed E-state index contributed by atoms with van der Waals surface area (Å²) in [4.78, 5) is 14.9. The van der Waals surface area contributed by atoms with Gasteiger partial charge in [-0.2, -0.15) is 0 Å². The van der Waals surface area contributed by atoms with Crippen LogP contribution < -0.4 is 5.32 Å². The molecule has 4 rings (SSSR count). The first-order chi connectivity index (χ1) is 13.5. The number of amides is 1. The van der Waals surface area contributed by atoms with Gasteiger partial charge in [0.1, 0.15) is 5.75 Å². The average molecular weight is 380 g/mol. The summed E-state index contributed by atoms with van der Waals surface area (Å²) < 4.78 is 0. The Labute approximate surface area is 166 Å². The monoisotopic (exact) mass is 380 g/mol. The van der Waals surface area contributed by atoms with E-state index in [2.05, 4.69) is 17.3 Å². The summed E-state index contributed by atoms with van der Waals surface area (Å²) in [5.74, 6) is 0.225. The molecule has 5 heteroatoms. The van der Waals surface area contributed by atoms with E-state index in [4.69, 9.17) is 0 Å². The molecule has 1 heterocycles. The Kier molecular flexibility index (Phi) is 5.13. The van der Waals surface area contributed by atoms with Crippen LogP contribution in [0.1, 0.15) is 35.2 Å². The van der Waals surface area contributed by atoms with Gasteiger partial charge in [0, 0.05) is 29.5 Å². The lowest BCUT2D eigenvalue weighted by Crippen LogP contribution is -2.60. The third-order valence-electron chi connectivity index (χ3n) is 6.55. The number of piperidine rings is 1. The first-order valence-corrected chi connectivity index (χ1v) is 10.00. The molecule has 0 spiro atoms. The minimum atomic E-state index is -0.500. The first-order valence-electron chi connectivity index (χ1n) is 10.00. The summed E-state index contributed by atoms with van der Waals surface area (Å²) >= 11 is 0. The molecule has 2 aromatic carbocycles. The molecular weight excluding hydrogens is 352 g/mol. The van der Waals surface area contributed by atoms with E-state index in [9.17, 15) is 15.0 Å². The number of hydrogen-bond acceptors (Lipinski definition) is 4. The Hall–Kier alpha value is -2.37. The predicted octanol–water partition coefficient (Wildman–Crippen LogP) is 2.54. The molecule has 4 atom stereocenters. The van der Waals surface area contributed by atoms with Crippen LogP contribution in [0.25, 0.3) is 0 Å². The number of phenols is 1. The minimum absolute atomic E-state index is 0.0814. The molecule has 1 aliphatic heterocycles. The summed E-state index contributed by atoms with van der Waals surface area (Å²) in [5, 5.41) is 24.2. The molecule has 1 amide bonds. The van der Waals surface area contributed by atoms with Crippen LogP contribution in [-0.2, 0) is 5.41 Å². The van der Waals surface area contributed by atoms with Gasteiger partial charge < -0.3 is 20.4 Å². The van der Waals surface area contributed by atoms with Gasteiger partial charge in [-0.1, -0.05) is 30.3 Å². The molecule has 0 bridgehead atoms. The second kappa shape index (κ2) is 7.57. The van der Waals surface area contributed by atoms with Crippen molar-refractivity contribution in [2.24, 2.45) is 5.92 Å². The third-order valence-corrected chi connectivity index (χ3v) is 6.55. The SMILES string of the molecule is CN1CCC2(c3cccc(O)c3)C[C@H](NC(=O)c3ccccc3)CC(O)C2C1. The van der Waals surface area contributed by atoms with Crippen molar-refractivity contribution in [2.75, 3.05) is 20.1 Å². The highest BCUT2D eigenvalue weighted by atomic mass is 16.3. The molecule has 1 saturated heterocycles. The fourth-order valence-corrected chi connectivity index (χ4v) is 5.16. The summed E-state index contributed by atoms with van der Waals surface area (Å²) in [6, 6.07) is 16.5. The van der Waals surface area contributed by atoms with Crippen LogP contribution in [-0.4, -0.2) is 53.3 Å². The van der Waals surface area contributed by atoms with Gasteiger partial charge in [-0.05, 0) is 62.7 Å². The Morgan fingerprint density at radius 1 is 1.18 bits per heavy atom. The van der Waals surface area contributed by atoms with Crippen LogP contribution in [0.4, 0.5) is 0 Å². The van der Waals surface area contributed by atoms with Crippen molar-refractivity contribution in [3.63, 3.8) is 0 Å². The molecule has 1 saturated carbocycles. The minimum Gasteiger partial charge on any atom is -0.508 e. The summed E-state index contributed by atoms with van der Waals surface area (Å²) in [6.45, 7) is 1.74. The van der Waals surface area contributed by atoms with E-state index in [1.165, 1.54) is 0 Å². The van der Waals surface area contributed by atoms with Gasteiger partial charge in [0.05, 0.1) is 6.10 Å². The lowest BCUT2D eigenvalue weighted by Gasteiger charge is -2.54. The van der Waals surface area contributed by atoms with Crippen LogP contribution in [0, 0.1) is 5.92 Å². The largest absolute Gasteiger partial charge is 0.508 e. The Morgan fingerprint density at radius 3 is 2.71 bits per heavy atom. The van der Waals surface area contributed by atoms with Gasteiger partial charge in [-0.3, -0.25) is 4.79 Å². The maximum atomic E-state index is 12.7. The smallest absolute Gasteiger partial charge is 0.251 e. The maximum absolute atomic E-state index is 12.7. The molecule has 2 aromatic rings. The molecule has 0 radical (unpaired) electrons. The highest BCUT2D eigenvalue weighted by Crippen LogP contribution is 2.49. The lowest BCUT2D eigenvalue weighted by atomic mass is 9.57. The molecule has 3 N–H and O–H groups in total. The number of likely N-dealkylation sites (tertiary alicyclic amines) is 1. The zero-order chi connectivity index (χ0) is 19.7. The lowest BCUT2D eigenvalue weighted by molar-refractivity contribution is -0.0420. The molecule has 3 unspecified atom stereocenters. The Morgan fingerprint density at radius 2 is 1.96 bits per heavy atom. The van der Waals surface area contributed by atoms with Crippen molar-refractivity contribution in [1.82, 2.24) is 10.2 Å². The normalized spacial score (nSPS) is 30.4. The quantitative estimate of drug-likeness (QED) is 0.765. The second-order valence-electron chi connectivity index (χ2n) is 8.37. The number of carbonyl (C=O) groups excluding carboxylic acids is 1. The van der Waals surface area contributed by atoms with E-state index in [-0.39, 0.29) is 29.0 Å². The number of fused-ring (bicyclic) bond motifs is 1. The van der Waals surface area contributed by atoms with Gasteiger partial charge in [0.15, 0.2) is 0 Å². The highest BCUT2D eigenvalue weighted by molar-refractivity contribution is 5.94. The Bertz CT molecular complexity index is 841. The van der Waals surface area contributed by atoms with Crippen LogP contribution in [0.3, 0.4) is 0 Å². The number of aromatic hydroxyl groups is 1. The molecule has 2 fully saturated rings. The van der Waals surface area contributed by atoms with Crippen molar-refractivity contribution in [2.45, 2.75) is 36.8 Å². The number of nitrogens with one attached hydrogen (secondary N) is 1. The highest BCUT2D eigenvalue weighted by Gasteiger charge is 2.51. The molecule has 1 aliphatic carbocycles. The average Bonchev–Trinajstić information content (AvgIpc) is 2.69. The van der Waals surface area contributed by atoms with E-state index >= 15 is 0 Å². The van der Waals surface area contributed by atoms with Gasteiger partial charge in [0.25, 0.3) is 5.91 Å². The fraction of sp³-hybridized carbons (Fsp3) is 0.435.